The lowest BCUT2D eigenvalue weighted by Crippen LogP contribution is -2.42. The fourth-order valence-electron chi connectivity index (χ4n) is 3.29. The molecular formula is C21H20N2O3. The number of nitrogens with zero attached hydrogens (tertiary/aromatic N) is 2. The molecular weight excluding hydrogens is 328 g/mol. The van der Waals surface area contributed by atoms with Crippen LogP contribution in [0, 0.1) is 18.3 Å². The van der Waals surface area contributed by atoms with Crippen LogP contribution in [0.1, 0.15) is 40.7 Å². The molecule has 26 heavy (non-hydrogen) atoms. The molecule has 1 aliphatic rings. The van der Waals surface area contributed by atoms with Crippen LogP contribution in [0.25, 0.3) is 0 Å². The van der Waals surface area contributed by atoms with Gasteiger partial charge in [0.1, 0.15) is 0 Å². The number of anilines is 1. The predicted octanol–water partition coefficient (Wildman–Crippen LogP) is 3.11. The number of ketones is 1. The molecule has 2 aromatic rings. The number of amides is 1. The predicted molar refractivity (Wildman–Crippen MR) is 97.7 cm³/mol. The Balaban J connectivity index is 1.90. The number of benzene rings is 2. The van der Waals surface area contributed by atoms with Gasteiger partial charge in [0.2, 0.25) is 0 Å². The maximum Gasteiger partial charge on any atom is 0.264 e. The number of fused-ring (bicyclic) bond motifs is 1. The Bertz CT molecular complexity index is 883. The highest BCUT2D eigenvalue weighted by atomic mass is 16.3. The molecule has 0 fully saturated rings. The van der Waals surface area contributed by atoms with Crippen LogP contribution in [0.5, 0.6) is 0 Å². The number of aryl methyl sites for hydroxylation is 1. The maximum absolute atomic E-state index is 12.9. The molecule has 0 unspecified atom stereocenters. The van der Waals surface area contributed by atoms with Crippen molar-refractivity contribution in [3.8, 4) is 6.07 Å². The van der Waals surface area contributed by atoms with E-state index < -0.39 is 11.5 Å². The summed E-state index contributed by atoms with van der Waals surface area (Å²) in [5.41, 5.74) is 0.686. The summed E-state index contributed by atoms with van der Waals surface area (Å²) in [5.74, 6) is -0.786. The van der Waals surface area contributed by atoms with E-state index in [0.29, 0.717) is 36.2 Å². The first-order valence-electron chi connectivity index (χ1n) is 8.58. The lowest BCUT2D eigenvalue weighted by molar-refractivity contribution is -0.135. The van der Waals surface area contributed by atoms with Crippen LogP contribution >= 0.6 is 0 Å². The van der Waals surface area contributed by atoms with Crippen molar-refractivity contribution in [1.29, 1.82) is 5.26 Å². The molecule has 0 bridgehead atoms. The molecule has 1 aliphatic heterocycles. The molecule has 0 spiro atoms. The summed E-state index contributed by atoms with van der Waals surface area (Å²) in [6, 6.07) is 16.1. The quantitative estimate of drug-likeness (QED) is 0.642. The molecule has 3 rings (SSSR count). The number of unbranched alkanes of at least 4 members (excludes halogenated alkanes) is 1. The molecule has 1 atom stereocenters. The van der Waals surface area contributed by atoms with Crippen LogP contribution in [0.15, 0.2) is 48.5 Å². The Morgan fingerprint density at radius 1 is 1.19 bits per heavy atom. The number of carbonyl (C=O) groups excluding carboxylic acids is 2. The van der Waals surface area contributed by atoms with Crippen molar-refractivity contribution in [3.05, 3.63) is 65.2 Å². The monoisotopic (exact) mass is 348 g/mol. The average molecular weight is 348 g/mol. The average Bonchev–Trinajstić information content (AvgIpc) is 2.84. The summed E-state index contributed by atoms with van der Waals surface area (Å²) in [5, 5.41) is 19.9. The number of carbonyl (C=O) groups is 2. The van der Waals surface area contributed by atoms with E-state index in [4.69, 9.17) is 5.26 Å². The van der Waals surface area contributed by atoms with E-state index >= 15 is 0 Å². The SMILES string of the molecule is Cc1ccc(C(=O)C[C@]2(O)C(=O)N(CCCC#N)c3ccccc32)cc1. The summed E-state index contributed by atoms with van der Waals surface area (Å²) >= 11 is 0. The first-order valence-corrected chi connectivity index (χ1v) is 8.58. The maximum atomic E-state index is 12.9. The summed E-state index contributed by atoms with van der Waals surface area (Å²) in [6.45, 7) is 2.27. The van der Waals surface area contributed by atoms with Crippen molar-refractivity contribution in [2.75, 3.05) is 11.4 Å². The Morgan fingerprint density at radius 3 is 2.58 bits per heavy atom. The first-order chi connectivity index (χ1) is 12.5. The Morgan fingerprint density at radius 2 is 1.88 bits per heavy atom. The van der Waals surface area contributed by atoms with E-state index in [2.05, 4.69) is 6.07 Å². The molecule has 5 nitrogen and oxygen atoms in total. The second-order valence-electron chi connectivity index (χ2n) is 6.56. The van der Waals surface area contributed by atoms with Gasteiger partial charge >= 0.3 is 0 Å². The highest BCUT2D eigenvalue weighted by molar-refractivity contribution is 6.10. The lowest BCUT2D eigenvalue weighted by Gasteiger charge is -2.22. The van der Waals surface area contributed by atoms with E-state index in [1.165, 1.54) is 4.90 Å². The number of para-hydroxylation sites is 1. The fraction of sp³-hybridized carbons (Fsp3) is 0.286. The van der Waals surface area contributed by atoms with Crippen LogP contribution < -0.4 is 4.90 Å². The molecule has 1 amide bonds. The van der Waals surface area contributed by atoms with Crippen LogP contribution in [0.3, 0.4) is 0 Å². The van der Waals surface area contributed by atoms with Gasteiger partial charge in [0, 0.05) is 24.1 Å². The van der Waals surface area contributed by atoms with Gasteiger partial charge in [0.05, 0.1) is 18.2 Å². The van der Waals surface area contributed by atoms with Crippen molar-refractivity contribution in [2.24, 2.45) is 0 Å². The van der Waals surface area contributed by atoms with Crippen molar-refractivity contribution < 1.29 is 14.7 Å². The molecule has 2 aromatic carbocycles. The minimum atomic E-state index is -1.87. The van der Waals surface area contributed by atoms with E-state index in [-0.39, 0.29) is 12.2 Å². The highest BCUT2D eigenvalue weighted by Gasteiger charge is 2.50. The zero-order valence-electron chi connectivity index (χ0n) is 14.6. The summed E-state index contributed by atoms with van der Waals surface area (Å²) < 4.78 is 0. The van der Waals surface area contributed by atoms with E-state index in [0.717, 1.165) is 5.56 Å². The van der Waals surface area contributed by atoms with Crippen molar-refractivity contribution in [3.63, 3.8) is 0 Å². The molecule has 132 valence electrons. The Kier molecular flexibility index (Phi) is 4.88. The van der Waals surface area contributed by atoms with Gasteiger partial charge in [-0.2, -0.15) is 5.26 Å². The molecule has 0 aromatic heterocycles. The highest BCUT2D eigenvalue weighted by Crippen LogP contribution is 2.42. The number of nitriles is 1. The second kappa shape index (κ2) is 7.11. The molecule has 0 aliphatic carbocycles. The van der Waals surface area contributed by atoms with E-state index in [1.807, 2.05) is 19.1 Å². The minimum absolute atomic E-state index is 0.283. The zero-order chi connectivity index (χ0) is 18.7. The van der Waals surface area contributed by atoms with Gasteiger partial charge in [-0.05, 0) is 19.4 Å². The largest absolute Gasteiger partial charge is 0.375 e. The standard InChI is InChI=1S/C21H20N2O3/c1-15-8-10-16(11-9-15)19(24)14-21(26)17-6-2-3-7-18(17)23(20(21)25)13-5-4-12-22/h2-3,6-11,26H,4-5,13-14H2,1H3/t21-/m1/s1. The third-order valence-electron chi connectivity index (χ3n) is 4.70. The zero-order valence-corrected chi connectivity index (χ0v) is 14.6. The number of rotatable bonds is 6. The third kappa shape index (κ3) is 3.12. The molecule has 0 saturated carbocycles. The van der Waals surface area contributed by atoms with E-state index in [9.17, 15) is 14.7 Å². The smallest absolute Gasteiger partial charge is 0.264 e. The van der Waals surface area contributed by atoms with Gasteiger partial charge in [-0.1, -0.05) is 48.0 Å². The number of hydrogen-bond donors (Lipinski definition) is 1. The van der Waals surface area contributed by atoms with Crippen molar-refractivity contribution in [2.45, 2.75) is 31.8 Å². The van der Waals surface area contributed by atoms with E-state index in [1.54, 1.807) is 36.4 Å². The summed E-state index contributed by atoms with van der Waals surface area (Å²) in [6.07, 6.45) is 0.534. The number of Topliss-reactive ketones (excluding diaryl/α,β-unsaturated/α-hetero) is 1. The van der Waals surface area contributed by atoms with Crippen LogP contribution in [0.4, 0.5) is 5.69 Å². The van der Waals surface area contributed by atoms with Crippen LogP contribution in [0.2, 0.25) is 0 Å². The molecule has 1 heterocycles. The first kappa shape index (κ1) is 17.8. The summed E-state index contributed by atoms with van der Waals surface area (Å²) in [4.78, 5) is 27.1. The Labute approximate surface area is 152 Å². The van der Waals surface area contributed by atoms with Gasteiger partial charge in [0.25, 0.3) is 5.91 Å². The Hall–Kier alpha value is -2.97. The molecule has 0 radical (unpaired) electrons. The van der Waals surface area contributed by atoms with Gasteiger partial charge in [0.15, 0.2) is 11.4 Å². The topological polar surface area (TPSA) is 81.4 Å². The van der Waals surface area contributed by atoms with Crippen molar-refractivity contribution >= 4 is 17.4 Å². The molecule has 0 saturated heterocycles. The van der Waals surface area contributed by atoms with Gasteiger partial charge in [-0.3, -0.25) is 9.59 Å². The van der Waals surface area contributed by atoms with Gasteiger partial charge in [-0.25, -0.2) is 0 Å². The normalized spacial score (nSPS) is 18.5. The second-order valence-corrected chi connectivity index (χ2v) is 6.56. The van der Waals surface area contributed by atoms with Crippen molar-refractivity contribution in [1.82, 2.24) is 0 Å². The van der Waals surface area contributed by atoms with Crippen LogP contribution in [-0.2, 0) is 10.4 Å². The molecule has 1 N–H and O–H groups in total. The van der Waals surface area contributed by atoms with Gasteiger partial charge < -0.3 is 10.0 Å². The molecule has 5 heteroatoms. The lowest BCUT2D eigenvalue weighted by atomic mass is 9.88. The summed E-state index contributed by atoms with van der Waals surface area (Å²) in [7, 11) is 0. The van der Waals surface area contributed by atoms with Crippen LogP contribution in [-0.4, -0.2) is 23.3 Å². The number of hydrogen-bond acceptors (Lipinski definition) is 4. The minimum Gasteiger partial charge on any atom is -0.375 e. The number of aliphatic hydroxyl groups is 1. The fourth-order valence-corrected chi connectivity index (χ4v) is 3.29. The van der Waals surface area contributed by atoms with Gasteiger partial charge in [-0.15, -0.1) is 0 Å². The third-order valence-corrected chi connectivity index (χ3v) is 4.70.